The third kappa shape index (κ3) is 4.14. The van der Waals surface area contributed by atoms with Crippen molar-refractivity contribution < 1.29 is 19.1 Å². The van der Waals surface area contributed by atoms with Gasteiger partial charge in [0.25, 0.3) is 0 Å². The summed E-state index contributed by atoms with van der Waals surface area (Å²) in [6.45, 7) is 2.69. The standard InChI is InChI=1S/C22H24ClNO4/c1-16(25)24-12-10-22(11-13-24,18-6-4-3-5-7-18)21(26)28-15-17-14-19(23)8-9-20(17)27-2/h3-9,14H,10-13,15H2,1-2H3. The van der Waals surface area contributed by atoms with Crippen LogP contribution in [0.1, 0.15) is 30.9 Å². The lowest BCUT2D eigenvalue weighted by Gasteiger charge is -2.40. The molecule has 0 aromatic heterocycles. The van der Waals surface area contributed by atoms with Crippen LogP contribution in [0, 0.1) is 0 Å². The van der Waals surface area contributed by atoms with Crippen molar-refractivity contribution >= 4 is 23.5 Å². The van der Waals surface area contributed by atoms with E-state index in [4.69, 9.17) is 21.1 Å². The second-order valence-electron chi connectivity index (χ2n) is 6.99. The highest BCUT2D eigenvalue weighted by Crippen LogP contribution is 2.37. The molecule has 5 nitrogen and oxygen atoms in total. The van der Waals surface area contributed by atoms with Crippen LogP contribution < -0.4 is 4.74 Å². The number of amides is 1. The van der Waals surface area contributed by atoms with Crippen LogP contribution in [0.3, 0.4) is 0 Å². The number of carbonyl (C=O) groups excluding carboxylic acids is 2. The minimum atomic E-state index is -0.765. The smallest absolute Gasteiger partial charge is 0.317 e. The van der Waals surface area contributed by atoms with Gasteiger partial charge in [0.1, 0.15) is 12.4 Å². The second-order valence-corrected chi connectivity index (χ2v) is 7.42. The molecule has 1 aliphatic heterocycles. The van der Waals surface area contributed by atoms with Gasteiger partial charge in [0.2, 0.25) is 5.91 Å². The highest BCUT2D eigenvalue weighted by molar-refractivity contribution is 6.30. The number of piperidine rings is 1. The van der Waals surface area contributed by atoms with E-state index in [-0.39, 0.29) is 18.5 Å². The Hall–Kier alpha value is -2.53. The first-order chi connectivity index (χ1) is 13.5. The minimum Gasteiger partial charge on any atom is -0.496 e. The third-order valence-electron chi connectivity index (χ3n) is 5.38. The molecule has 1 amide bonds. The van der Waals surface area contributed by atoms with E-state index < -0.39 is 5.41 Å². The van der Waals surface area contributed by atoms with Gasteiger partial charge in [-0.25, -0.2) is 0 Å². The second kappa shape index (κ2) is 8.65. The zero-order valence-corrected chi connectivity index (χ0v) is 16.9. The summed E-state index contributed by atoms with van der Waals surface area (Å²) >= 11 is 6.07. The average Bonchev–Trinajstić information content (AvgIpc) is 2.72. The normalized spacial score (nSPS) is 15.8. The summed E-state index contributed by atoms with van der Waals surface area (Å²) in [5.74, 6) is 0.361. The van der Waals surface area contributed by atoms with Crippen molar-refractivity contribution in [3.8, 4) is 5.75 Å². The summed E-state index contributed by atoms with van der Waals surface area (Å²) in [7, 11) is 1.57. The van der Waals surface area contributed by atoms with Gasteiger partial charge in [0.05, 0.1) is 12.5 Å². The van der Waals surface area contributed by atoms with Crippen LogP contribution in [0.5, 0.6) is 5.75 Å². The summed E-state index contributed by atoms with van der Waals surface area (Å²) in [4.78, 5) is 26.7. The monoisotopic (exact) mass is 401 g/mol. The van der Waals surface area contributed by atoms with Gasteiger partial charge in [0, 0.05) is 30.6 Å². The molecule has 0 aliphatic carbocycles. The van der Waals surface area contributed by atoms with Crippen molar-refractivity contribution in [3.63, 3.8) is 0 Å². The summed E-state index contributed by atoms with van der Waals surface area (Å²) in [5, 5.41) is 0.555. The molecule has 0 bridgehead atoms. The van der Waals surface area contributed by atoms with Gasteiger partial charge in [0.15, 0.2) is 0 Å². The number of benzene rings is 2. The molecular weight excluding hydrogens is 378 g/mol. The molecule has 2 aromatic carbocycles. The van der Waals surface area contributed by atoms with Crippen molar-refractivity contribution in [1.82, 2.24) is 4.90 Å². The van der Waals surface area contributed by atoms with Gasteiger partial charge in [-0.1, -0.05) is 41.9 Å². The van der Waals surface area contributed by atoms with Crippen molar-refractivity contribution in [1.29, 1.82) is 0 Å². The molecule has 0 unspecified atom stereocenters. The molecule has 1 heterocycles. The molecule has 0 N–H and O–H groups in total. The van der Waals surface area contributed by atoms with E-state index in [1.165, 1.54) is 0 Å². The Kier molecular flexibility index (Phi) is 6.25. The van der Waals surface area contributed by atoms with Crippen molar-refractivity contribution in [3.05, 3.63) is 64.7 Å². The van der Waals surface area contributed by atoms with Crippen molar-refractivity contribution in [2.24, 2.45) is 0 Å². The van der Waals surface area contributed by atoms with Crippen LogP contribution in [0.15, 0.2) is 48.5 Å². The summed E-state index contributed by atoms with van der Waals surface area (Å²) in [5.41, 5.74) is 0.868. The SMILES string of the molecule is COc1ccc(Cl)cc1COC(=O)C1(c2ccccc2)CCN(C(C)=O)CC1. The van der Waals surface area contributed by atoms with Gasteiger partial charge < -0.3 is 14.4 Å². The van der Waals surface area contributed by atoms with Crippen LogP contribution in [0.2, 0.25) is 5.02 Å². The molecule has 3 rings (SSSR count). The lowest BCUT2D eigenvalue weighted by atomic mass is 9.72. The Morgan fingerprint density at radius 3 is 2.39 bits per heavy atom. The van der Waals surface area contributed by atoms with E-state index in [1.54, 1.807) is 37.1 Å². The Labute approximate surface area is 170 Å². The van der Waals surface area contributed by atoms with Crippen LogP contribution in [0.4, 0.5) is 0 Å². The number of nitrogens with zero attached hydrogens (tertiary/aromatic N) is 1. The third-order valence-corrected chi connectivity index (χ3v) is 5.62. The first-order valence-electron chi connectivity index (χ1n) is 9.27. The molecule has 0 spiro atoms. The van der Waals surface area contributed by atoms with Gasteiger partial charge in [-0.2, -0.15) is 0 Å². The number of hydrogen-bond acceptors (Lipinski definition) is 4. The minimum absolute atomic E-state index is 0.0266. The molecule has 28 heavy (non-hydrogen) atoms. The number of carbonyl (C=O) groups is 2. The first kappa shape index (κ1) is 20.2. The molecule has 1 saturated heterocycles. The van der Waals surface area contributed by atoms with Crippen molar-refractivity contribution in [2.45, 2.75) is 31.8 Å². The van der Waals surface area contributed by atoms with Crippen LogP contribution in [-0.4, -0.2) is 37.0 Å². The maximum Gasteiger partial charge on any atom is 0.317 e. The van der Waals surface area contributed by atoms with E-state index in [0.29, 0.717) is 42.3 Å². The van der Waals surface area contributed by atoms with Crippen LogP contribution in [0.25, 0.3) is 0 Å². The average molecular weight is 402 g/mol. The van der Waals surface area contributed by atoms with Crippen molar-refractivity contribution in [2.75, 3.05) is 20.2 Å². The molecular formula is C22H24ClNO4. The first-order valence-corrected chi connectivity index (χ1v) is 9.65. The lowest BCUT2D eigenvalue weighted by Crippen LogP contribution is -2.49. The predicted octanol–water partition coefficient (Wildman–Crippen LogP) is 3.97. The van der Waals surface area contributed by atoms with Gasteiger partial charge in [-0.3, -0.25) is 9.59 Å². The van der Waals surface area contributed by atoms with E-state index in [1.807, 2.05) is 30.3 Å². The zero-order chi connectivity index (χ0) is 20.1. The lowest BCUT2D eigenvalue weighted by molar-refractivity contribution is -0.155. The number of ether oxygens (including phenoxy) is 2. The van der Waals surface area contributed by atoms with Crippen LogP contribution in [-0.2, 0) is 26.3 Å². The Balaban J connectivity index is 1.82. The number of halogens is 1. The molecule has 1 fully saturated rings. The fourth-order valence-electron chi connectivity index (χ4n) is 3.71. The molecule has 6 heteroatoms. The Morgan fingerprint density at radius 1 is 1.11 bits per heavy atom. The van der Waals surface area contributed by atoms with E-state index >= 15 is 0 Å². The van der Waals surface area contributed by atoms with E-state index in [0.717, 1.165) is 5.56 Å². The number of likely N-dealkylation sites (tertiary alicyclic amines) is 1. The maximum absolute atomic E-state index is 13.3. The number of rotatable bonds is 5. The quantitative estimate of drug-likeness (QED) is 0.711. The summed E-state index contributed by atoms with van der Waals surface area (Å²) in [6.07, 6.45) is 1.06. The Bertz CT molecular complexity index is 845. The maximum atomic E-state index is 13.3. The fraction of sp³-hybridized carbons (Fsp3) is 0.364. The molecule has 2 aromatic rings. The topological polar surface area (TPSA) is 55.8 Å². The fourth-order valence-corrected chi connectivity index (χ4v) is 3.91. The molecule has 0 atom stereocenters. The molecule has 1 aliphatic rings. The molecule has 0 radical (unpaired) electrons. The van der Waals surface area contributed by atoms with Gasteiger partial charge >= 0.3 is 5.97 Å². The highest BCUT2D eigenvalue weighted by Gasteiger charge is 2.44. The molecule has 148 valence electrons. The number of esters is 1. The summed E-state index contributed by atoms with van der Waals surface area (Å²) < 4.78 is 11.1. The molecule has 0 saturated carbocycles. The van der Waals surface area contributed by atoms with E-state index in [2.05, 4.69) is 0 Å². The Morgan fingerprint density at radius 2 is 1.79 bits per heavy atom. The zero-order valence-electron chi connectivity index (χ0n) is 16.1. The largest absolute Gasteiger partial charge is 0.496 e. The van der Waals surface area contributed by atoms with Gasteiger partial charge in [-0.05, 0) is 36.6 Å². The van der Waals surface area contributed by atoms with Crippen LogP contribution >= 0.6 is 11.6 Å². The number of hydrogen-bond donors (Lipinski definition) is 0. The number of methoxy groups -OCH3 is 1. The van der Waals surface area contributed by atoms with Gasteiger partial charge in [-0.15, -0.1) is 0 Å². The highest BCUT2D eigenvalue weighted by atomic mass is 35.5. The van der Waals surface area contributed by atoms with E-state index in [9.17, 15) is 9.59 Å². The predicted molar refractivity (Wildman–Crippen MR) is 107 cm³/mol. The summed E-state index contributed by atoms with van der Waals surface area (Å²) in [6, 6.07) is 14.9.